The Morgan fingerprint density at radius 2 is 2.04 bits per heavy atom. The van der Waals surface area contributed by atoms with Crippen molar-refractivity contribution in [2.45, 2.75) is 39.0 Å². The Labute approximate surface area is 136 Å². The van der Waals surface area contributed by atoms with Crippen LogP contribution in [-0.2, 0) is 4.79 Å². The first kappa shape index (κ1) is 17.1. The highest BCUT2D eigenvalue weighted by Crippen LogP contribution is 2.28. The van der Waals surface area contributed by atoms with Crippen LogP contribution in [0.2, 0.25) is 0 Å². The average Bonchev–Trinajstić information content (AvgIpc) is 2.55. The number of benzene rings is 1. The quantitative estimate of drug-likeness (QED) is 0.497. The molecular weight excluding hydrogens is 294 g/mol. The predicted molar refractivity (Wildman–Crippen MR) is 87.8 cm³/mol. The molecule has 1 aliphatic rings. The van der Waals surface area contributed by atoms with Crippen molar-refractivity contribution < 1.29 is 19.1 Å². The van der Waals surface area contributed by atoms with E-state index in [0.29, 0.717) is 17.9 Å². The van der Waals surface area contributed by atoms with Crippen LogP contribution in [0.3, 0.4) is 0 Å². The molecule has 2 rings (SSSR count). The molecule has 0 radical (unpaired) electrons. The molecule has 5 heteroatoms. The van der Waals surface area contributed by atoms with Crippen LogP contribution in [0.4, 0.5) is 0 Å². The lowest BCUT2D eigenvalue weighted by Gasteiger charge is -2.13. The molecule has 1 aromatic rings. The summed E-state index contributed by atoms with van der Waals surface area (Å²) in [6.07, 6.45) is 7.95. The Bertz CT molecular complexity index is 607. The van der Waals surface area contributed by atoms with E-state index < -0.39 is 5.97 Å². The molecule has 0 bridgehead atoms. The van der Waals surface area contributed by atoms with E-state index in [0.717, 1.165) is 19.3 Å². The summed E-state index contributed by atoms with van der Waals surface area (Å²) in [5.74, 6) is 0.0364. The van der Waals surface area contributed by atoms with Crippen LogP contribution < -0.4 is 14.8 Å². The summed E-state index contributed by atoms with van der Waals surface area (Å²) in [5, 5.41) is 2.90. The van der Waals surface area contributed by atoms with Crippen molar-refractivity contribution in [1.82, 2.24) is 5.32 Å². The maximum absolute atomic E-state index is 12.2. The minimum absolute atomic E-state index is 0.183. The number of nitrogens with one attached hydrogen (secondary N) is 1. The first-order valence-electron chi connectivity index (χ1n) is 7.92. The normalized spacial score (nSPS) is 13.9. The number of hydrogen-bond donors (Lipinski definition) is 1. The Morgan fingerprint density at radius 1 is 1.22 bits per heavy atom. The van der Waals surface area contributed by atoms with E-state index >= 15 is 0 Å². The molecule has 23 heavy (non-hydrogen) atoms. The molecule has 0 unspecified atom stereocenters. The number of rotatable bonds is 6. The van der Waals surface area contributed by atoms with Crippen LogP contribution in [0.5, 0.6) is 11.5 Å². The van der Waals surface area contributed by atoms with E-state index in [9.17, 15) is 9.59 Å². The molecule has 0 saturated heterocycles. The lowest BCUT2D eigenvalue weighted by molar-refractivity contribution is -0.132. The number of methoxy groups -OCH3 is 1. The van der Waals surface area contributed by atoms with Crippen LogP contribution in [0, 0.1) is 0 Å². The third-order valence-corrected chi connectivity index (χ3v) is 3.80. The van der Waals surface area contributed by atoms with Gasteiger partial charge in [0, 0.05) is 19.0 Å². The molecular formula is C18H23NO4. The maximum atomic E-state index is 12.2. The molecule has 1 N–H and O–H groups in total. The molecule has 0 fully saturated rings. The zero-order valence-electron chi connectivity index (χ0n) is 13.7. The van der Waals surface area contributed by atoms with Crippen molar-refractivity contribution in [3.8, 4) is 11.5 Å². The van der Waals surface area contributed by atoms with Gasteiger partial charge in [-0.1, -0.05) is 11.6 Å². The molecule has 0 saturated carbocycles. The smallest absolute Gasteiger partial charge is 0.308 e. The monoisotopic (exact) mass is 317 g/mol. The Morgan fingerprint density at radius 3 is 2.70 bits per heavy atom. The van der Waals surface area contributed by atoms with Gasteiger partial charge < -0.3 is 14.8 Å². The Kier molecular flexibility index (Phi) is 6.20. The number of allylic oxidation sites excluding steroid dienone is 1. The molecule has 124 valence electrons. The minimum atomic E-state index is -0.454. The number of esters is 1. The van der Waals surface area contributed by atoms with Gasteiger partial charge in [-0.15, -0.1) is 0 Å². The highest BCUT2D eigenvalue weighted by molar-refractivity contribution is 5.95. The molecule has 0 aromatic heterocycles. The van der Waals surface area contributed by atoms with Gasteiger partial charge in [0.2, 0.25) is 0 Å². The van der Waals surface area contributed by atoms with Crippen molar-refractivity contribution in [2.24, 2.45) is 0 Å². The second-order valence-corrected chi connectivity index (χ2v) is 5.57. The van der Waals surface area contributed by atoms with Gasteiger partial charge in [0.05, 0.1) is 7.11 Å². The fourth-order valence-electron chi connectivity index (χ4n) is 2.62. The number of carbonyl (C=O) groups is 2. The van der Waals surface area contributed by atoms with E-state index in [2.05, 4.69) is 11.4 Å². The average molecular weight is 317 g/mol. The lowest BCUT2D eigenvalue weighted by atomic mass is 9.97. The first-order valence-corrected chi connectivity index (χ1v) is 7.92. The minimum Gasteiger partial charge on any atom is -0.493 e. The van der Waals surface area contributed by atoms with Gasteiger partial charge in [-0.3, -0.25) is 9.59 Å². The largest absolute Gasteiger partial charge is 0.493 e. The summed E-state index contributed by atoms with van der Waals surface area (Å²) in [5.41, 5.74) is 1.87. The summed E-state index contributed by atoms with van der Waals surface area (Å²) >= 11 is 0. The van der Waals surface area contributed by atoms with E-state index in [1.165, 1.54) is 38.5 Å². The molecule has 0 spiro atoms. The molecule has 5 nitrogen and oxygen atoms in total. The van der Waals surface area contributed by atoms with Gasteiger partial charge in [0.25, 0.3) is 5.91 Å². The summed E-state index contributed by atoms with van der Waals surface area (Å²) in [7, 11) is 1.49. The molecule has 0 atom stereocenters. The number of carbonyl (C=O) groups excluding carboxylic acids is 2. The summed E-state index contributed by atoms with van der Waals surface area (Å²) in [4.78, 5) is 23.3. The number of ether oxygens (including phenoxy) is 2. The highest BCUT2D eigenvalue weighted by atomic mass is 16.6. The van der Waals surface area contributed by atoms with Crippen molar-refractivity contribution in [2.75, 3.05) is 13.7 Å². The molecule has 0 aliphatic heterocycles. The van der Waals surface area contributed by atoms with Gasteiger partial charge in [0.15, 0.2) is 11.5 Å². The van der Waals surface area contributed by atoms with E-state index in [-0.39, 0.29) is 11.7 Å². The second-order valence-electron chi connectivity index (χ2n) is 5.57. The van der Waals surface area contributed by atoms with Crippen LogP contribution in [0.1, 0.15) is 49.4 Å². The summed E-state index contributed by atoms with van der Waals surface area (Å²) in [6.45, 7) is 1.92. The van der Waals surface area contributed by atoms with Crippen LogP contribution in [0.25, 0.3) is 0 Å². The summed E-state index contributed by atoms with van der Waals surface area (Å²) in [6, 6.07) is 4.80. The van der Waals surface area contributed by atoms with Gasteiger partial charge in [0.1, 0.15) is 0 Å². The van der Waals surface area contributed by atoms with Crippen LogP contribution in [0.15, 0.2) is 29.8 Å². The van der Waals surface area contributed by atoms with Crippen molar-refractivity contribution in [1.29, 1.82) is 0 Å². The lowest BCUT2D eigenvalue weighted by Crippen LogP contribution is -2.25. The molecule has 0 heterocycles. The fraction of sp³-hybridized carbons (Fsp3) is 0.444. The van der Waals surface area contributed by atoms with Gasteiger partial charge >= 0.3 is 5.97 Å². The number of hydrogen-bond acceptors (Lipinski definition) is 4. The van der Waals surface area contributed by atoms with Crippen LogP contribution >= 0.6 is 0 Å². The van der Waals surface area contributed by atoms with Crippen molar-refractivity contribution in [3.63, 3.8) is 0 Å². The van der Waals surface area contributed by atoms with Crippen molar-refractivity contribution in [3.05, 3.63) is 35.4 Å². The molecule has 1 aliphatic carbocycles. The van der Waals surface area contributed by atoms with E-state index in [4.69, 9.17) is 9.47 Å². The van der Waals surface area contributed by atoms with Crippen molar-refractivity contribution >= 4 is 11.9 Å². The Hall–Kier alpha value is -2.30. The maximum Gasteiger partial charge on any atom is 0.308 e. The van der Waals surface area contributed by atoms with E-state index in [1.54, 1.807) is 12.1 Å². The topological polar surface area (TPSA) is 64.6 Å². The fourth-order valence-corrected chi connectivity index (χ4v) is 2.62. The third kappa shape index (κ3) is 5.13. The third-order valence-electron chi connectivity index (χ3n) is 3.80. The first-order chi connectivity index (χ1) is 11.1. The zero-order valence-corrected chi connectivity index (χ0v) is 13.7. The van der Waals surface area contributed by atoms with E-state index in [1.807, 2.05) is 0 Å². The summed E-state index contributed by atoms with van der Waals surface area (Å²) < 4.78 is 10.2. The van der Waals surface area contributed by atoms with Gasteiger partial charge in [-0.2, -0.15) is 0 Å². The highest BCUT2D eigenvalue weighted by Gasteiger charge is 2.13. The molecule has 1 aromatic carbocycles. The second kappa shape index (κ2) is 8.36. The van der Waals surface area contributed by atoms with Crippen LogP contribution in [-0.4, -0.2) is 25.5 Å². The molecule has 1 amide bonds. The number of amides is 1. The van der Waals surface area contributed by atoms with Gasteiger partial charge in [-0.25, -0.2) is 0 Å². The SMILES string of the molecule is COc1ccc(C(=O)NCCC2=CCCCC2)cc1OC(C)=O. The van der Waals surface area contributed by atoms with Gasteiger partial charge in [-0.05, 0) is 50.3 Å². The predicted octanol–water partition coefficient (Wildman–Crippen LogP) is 3.24. The zero-order chi connectivity index (χ0) is 16.7. The Balaban J connectivity index is 1.95. The standard InChI is InChI=1S/C18H23NO4/c1-13(20)23-17-12-15(8-9-16(17)22-2)18(21)19-11-10-14-6-4-3-5-7-14/h6,8-9,12H,3-5,7,10-11H2,1-2H3,(H,19,21).